The Hall–Kier alpha value is -2.03. The number of amides is 1. The lowest BCUT2D eigenvalue weighted by Crippen LogP contribution is -2.50. The molecule has 5 atom stereocenters. The average Bonchev–Trinajstić information content (AvgIpc) is 3.12. The van der Waals surface area contributed by atoms with Gasteiger partial charge >= 0.3 is 0 Å². The Morgan fingerprint density at radius 1 is 1.28 bits per heavy atom. The number of aryl methyl sites for hydroxylation is 1. The maximum Gasteiger partial charge on any atom is 0.237 e. The van der Waals surface area contributed by atoms with Gasteiger partial charge in [-0.3, -0.25) is 4.79 Å². The molecule has 36 heavy (non-hydrogen) atoms. The number of carbonyl (C=O) groups is 1. The number of nitrogens with one attached hydrogen (secondary N) is 2. The lowest BCUT2D eigenvalue weighted by molar-refractivity contribution is -0.123. The zero-order chi connectivity index (χ0) is 26.7. The monoisotopic (exact) mass is 519 g/mol. The third-order valence-electron chi connectivity index (χ3n) is 7.15. The molecule has 2 aromatic carbocycles. The number of hydrogen-bond acceptors (Lipinski definition) is 5. The second-order valence-corrected chi connectivity index (χ2v) is 11.6. The first kappa shape index (κ1) is 28.5. The Bertz CT molecular complexity index is 1060. The van der Waals surface area contributed by atoms with Gasteiger partial charge in [0.1, 0.15) is 5.82 Å². The molecule has 1 fully saturated rings. The van der Waals surface area contributed by atoms with Crippen molar-refractivity contribution in [3.8, 4) is 0 Å². The van der Waals surface area contributed by atoms with Gasteiger partial charge in [-0.05, 0) is 60.1 Å². The summed E-state index contributed by atoms with van der Waals surface area (Å²) in [5.74, 6) is -1.12. The van der Waals surface area contributed by atoms with Gasteiger partial charge in [0, 0.05) is 35.5 Å². The van der Waals surface area contributed by atoms with E-state index in [1.165, 1.54) is 6.07 Å². The molecule has 8 heteroatoms. The van der Waals surface area contributed by atoms with Crippen molar-refractivity contribution in [3.63, 3.8) is 0 Å². The molecule has 0 spiro atoms. The van der Waals surface area contributed by atoms with E-state index in [1.54, 1.807) is 12.1 Å². The maximum atomic E-state index is 15.7. The second-order valence-electron chi connectivity index (χ2n) is 11.1. The Balaban J connectivity index is 2.17. The summed E-state index contributed by atoms with van der Waals surface area (Å²) in [6.45, 7) is 8.11. The number of hydrogen-bond donors (Lipinski definition) is 5. The molecule has 1 saturated heterocycles. The second kappa shape index (κ2) is 11.6. The lowest BCUT2D eigenvalue weighted by atomic mass is 9.62. The van der Waals surface area contributed by atoms with Crippen molar-refractivity contribution in [2.24, 2.45) is 11.1 Å². The maximum absolute atomic E-state index is 15.7. The summed E-state index contributed by atoms with van der Waals surface area (Å²) in [6, 6.07) is 11.5. The van der Waals surface area contributed by atoms with Crippen molar-refractivity contribution in [1.82, 2.24) is 10.6 Å². The molecule has 2 aromatic rings. The normalized spacial score (nSPS) is 25.1. The minimum absolute atomic E-state index is 0.116. The van der Waals surface area contributed by atoms with Gasteiger partial charge in [0.2, 0.25) is 5.91 Å². The Morgan fingerprint density at radius 2 is 2.00 bits per heavy atom. The van der Waals surface area contributed by atoms with Crippen LogP contribution >= 0.6 is 11.6 Å². The Kier molecular flexibility index (Phi) is 9.17. The van der Waals surface area contributed by atoms with Crippen LogP contribution in [0.25, 0.3) is 0 Å². The molecule has 1 heterocycles. The first-order chi connectivity index (χ1) is 16.9. The van der Waals surface area contributed by atoms with E-state index in [0.29, 0.717) is 17.0 Å². The zero-order valence-corrected chi connectivity index (χ0v) is 22.3. The van der Waals surface area contributed by atoms with Crippen molar-refractivity contribution in [1.29, 1.82) is 0 Å². The fourth-order valence-corrected chi connectivity index (χ4v) is 5.74. The minimum Gasteiger partial charge on any atom is -0.394 e. The highest BCUT2D eigenvalue weighted by Crippen LogP contribution is 2.51. The molecular formula is C28H39ClFN3O3. The molecule has 1 aliphatic heterocycles. The van der Waals surface area contributed by atoms with Crippen LogP contribution in [0.4, 0.5) is 4.39 Å². The van der Waals surface area contributed by atoms with Gasteiger partial charge in [0.25, 0.3) is 0 Å². The third-order valence-corrected chi connectivity index (χ3v) is 7.38. The molecule has 1 aliphatic rings. The predicted molar refractivity (Wildman–Crippen MR) is 142 cm³/mol. The quantitative estimate of drug-likeness (QED) is 0.349. The number of aliphatic hydroxyl groups excluding tert-OH is 2. The number of rotatable bonds is 9. The number of carbonyl (C=O) groups excluding carboxylic acids is 1. The van der Waals surface area contributed by atoms with E-state index in [0.717, 1.165) is 11.1 Å². The van der Waals surface area contributed by atoms with Gasteiger partial charge in [0.15, 0.2) is 0 Å². The van der Waals surface area contributed by atoms with E-state index in [2.05, 4.69) is 31.4 Å². The van der Waals surface area contributed by atoms with Crippen LogP contribution in [0.1, 0.15) is 56.2 Å². The molecule has 6 nitrogen and oxygen atoms in total. The van der Waals surface area contributed by atoms with Crippen molar-refractivity contribution >= 4 is 17.5 Å². The minimum atomic E-state index is -0.928. The molecule has 0 saturated carbocycles. The molecule has 198 valence electrons. The van der Waals surface area contributed by atoms with Crippen LogP contribution in [0.5, 0.6) is 0 Å². The van der Waals surface area contributed by atoms with Gasteiger partial charge in [-0.2, -0.15) is 0 Å². The lowest BCUT2D eigenvalue weighted by Gasteiger charge is -2.42. The van der Waals surface area contributed by atoms with Crippen LogP contribution in [0, 0.1) is 18.2 Å². The average molecular weight is 520 g/mol. The van der Waals surface area contributed by atoms with Gasteiger partial charge in [-0.1, -0.05) is 56.6 Å². The zero-order valence-electron chi connectivity index (χ0n) is 21.5. The van der Waals surface area contributed by atoms with Crippen LogP contribution in [0.3, 0.4) is 0 Å². The van der Waals surface area contributed by atoms with Crippen molar-refractivity contribution in [2.75, 3.05) is 19.7 Å². The molecule has 1 amide bonds. The summed E-state index contributed by atoms with van der Waals surface area (Å²) in [7, 11) is 0. The van der Waals surface area contributed by atoms with Crippen molar-refractivity contribution in [2.45, 2.75) is 70.1 Å². The summed E-state index contributed by atoms with van der Waals surface area (Å²) in [5.41, 5.74) is 7.59. The SMILES string of the molecule is Cc1ccc([C@@]2(CN)[C@H](CC(C)(C)C)N[C@@H](C(=O)NCC[C@H](O)CO)[C@@H]2c2cccc(Cl)c2)c(F)c1. The summed E-state index contributed by atoms with van der Waals surface area (Å²) in [5, 5.41) is 25.7. The van der Waals surface area contributed by atoms with Crippen LogP contribution < -0.4 is 16.4 Å². The topological polar surface area (TPSA) is 108 Å². The standard InChI is InChI=1S/C28H39ClFN3O3/c1-17-8-9-21(22(30)12-17)28(16-31)23(14-27(2,3)4)33-25(26(36)32-11-10-20(35)15-34)24(28)18-6-5-7-19(29)13-18/h5-9,12-13,20,23-25,33-35H,10-11,14-16,31H2,1-4H3,(H,32,36)/t20-,23-,24-,25+,28-/m0/s1. The first-order valence-corrected chi connectivity index (χ1v) is 12.9. The number of halogens is 2. The van der Waals surface area contributed by atoms with Gasteiger partial charge in [-0.15, -0.1) is 0 Å². The van der Waals surface area contributed by atoms with E-state index in [4.69, 9.17) is 22.4 Å². The molecule has 3 rings (SSSR count). The fraction of sp³-hybridized carbons (Fsp3) is 0.536. The largest absolute Gasteiger partial charge is 0.394 e. The van der Waals surface area contributed by atoms with Crippen LogP contribution in [-0.4, -0.2) is 54.0 Å². The molecule has 0 aliphatic carbocycles. The van der Waals surface area contributed by atoms with E-state index < -0.39 is 23.5 Å². The van der Waals surface area contributed by atoms with Gasteiger partial charge in [-0.25, -0.2) is 4.39 Å². The van der Waals surface area contributed by atoms with Gasteiger partial charge < -0.3 is 26.6 Å². The molecule has 0 radical (unpaired) electrons. The molecule has 0 aromatic heterocycles. The highest BCUT2D eigenvalue weighted by molar-refractivity contribution is 6.30. The first-order valence-electron chi connectivity index (χ1n) is 12.5. The highest BCUT2D eigenvalue weighted by atomic mass is 35.5. The Labute approximate surface area is 218 Å². The summed E-state index contributed by atoms with van der Waals surface area (Å²) >= 11 is 6.38. The predicted octanol–water partition coefficient (Wildman–Crippen LogP) is 3.40. The molecule has 0 bridgehead atoms. The summed E-state index contributed by atoms with van der Waals surface area (Å²) in [6.07, 6.45) is -0.0395. The fourth-order valence-electron chi connectivity index (χ4n) is 5.54. The van der Waals surface area contributed by atoms with Crippen LogP contribution in [-0.2, 0) is 10.2 Å². The number of nitrogens with two attached hydrogens (primary N) is 1. The van der Waals surface area contributed by atoms with E-state index >= 15 is 4.39 Å². The van der Waals surface area contributed by atoms with E-state index in [9.17, 15) is 9.90 Å². The highest BCUT2D eigenvalue weighted by Gasteiger charge is 2.58. The number of aliphatic hydroxyl groups is 2. The summed E-state index contributed by atoms with van der Waals surface area (Å²) < 4.78 is 15.7. The van der Waals surface area contributed by atoms with E-state index in [-0.39, 0.29) is 49.3 Å². The smallest absolute Gasteiger partial charge is 0.237 e. The molecular weight excluding hydrogens is 481 g/mol. The number of benzene rings is 2. The van der Waals surface area contributed by atoms with Crippen molar-refractivity contribution in [3.05, 3.63) is 70.0 Å². The third kappa shape index (κ3) is 6.09. The molecule has 0 unspecified atom stereocenters. The summed E-state index contributed by atoms with van der Waals surface area (Å²) in [4.78, 5) is 13.6. The van der Waals surface area contributed by atoms with Gasteiger partial charge in [0.05, 0.1) is 18.8 Å². The Morgan fingerprint density at radius 3 is 2.58 bits per heavy atom. The van der Waals surface area contributed by atoms with Crippen LogP contribution in [0.2, 0.25) is 5.02 Å². The van der Waals surface area contributed by atoms with Crippen LogP contribution in [0.15, 0.2) is 42.5 Å². The molecule has 6 N–H and O–H groups in total. The van der Waals surface area contributed by atoms with Crippen molar-refractivity contribution < 1.29 is 19.4 Å². The van der Waals surface area contributed by atoms with E-state index in [1.807, 2.05) is 31.2 Å².